The van der Waals surface area contributed by atoms with Crippen LogP contribution in [0.25, 0.3) is 0 Å². The average molecular weight is 241 g/mol. The second kappa shape index (κ2) is 5.02. The molecule has 1 saturated carbocycles. The van der Waals surface area contributed by atoms with Gasteiger partial charge in [-0.15, -0.1) is 0 Å². The molecule has 0 aliphatic heterocycles. The molecule has 0 saturated heterocycles. The standard InChI is InChI=1S/C12H17ClN2O/c13-10-5-4-6-11(15-10)14-9-12(16)7-2-1-3-8-12/h4-6,16H,1-3,7-9H2,(H,14,15). The van der Waals surface area contributed by atoms with Crippen LogP contribution < -0.4 is 5.32 Å². The van der Waals surface area contributed by atoms with E-state index in [1.807, 2.05) is 12.1 Å². The van der Waals surface area contributed by atoms with Crippen LogP contribution in [0.15, 0.2) is 18.2 Å². The summed E-state index contributed by atoms with van der Waals surface area (Å²) in [5.41, 5.74) is -0.567. The molecule has 1 heterocycles. The highest BCUT2D eigenvalue weighted by Gasteiger charge is 2.28. The maximum atomic E-state index is 10.3. The first-order chi connectivity index (χ1) is 7.68. The van der Waals surface area contributed by atoms with E-state index in [0.29, 0.717) is 11.7 Å². The Labute approximate surface area is 101 Å². The molecule has 0 bridgehead atoms. The van der Waals surface area contributed by atoms with Gasteiger partial charge < -0.3 is 10.4 Å². The Hall–Kier alpha value is -0.800. The van der Waals surface area contributed by atoms with Gasteiger partial charge in [-0.25, -0.2) is 4.98 Å². The number of halogens is 1. The van der Waals surface area contributed by atoms with Crippen LogP contribution >= 0.6 is 11.6 Å². The summed E-state index contributed by atoms with van der Waals surface area (Å²) in [5.74, 6) is 0.728. The van der Waals surface area contributed by atoms with Gasteiger partial charge in [-0.05, 0) is 25.0 Å². The number of nitrogens with one attached hydrogen (secondary N) is 1. The summed E-state index contributed by atoms with van der Waals surface area (Å²) in [6, 6.07) is 5.45. The fourth-order valence-corrected chi connectivity index (χ4v) is 2.31. The number of rotatable bonds is 3. The fraction of sp³-hybridized carbons (Fsp3) is 0.583. The number of pyridine rings is 1. The third kappa shape index (κ3) is 3.09. The topological polar surface area (TPSA) is 45.1 Å². The van der Waals surface area contributed by atoms with Crippen molar-refractivity contribution in [2.45, 2.75) is 37.7 Å². The lowest BCUT2D eigenvalue weighted by atomic mass is 9.85. The molecule has 1 aliphatic rings. The van der Waals surface area contributed by atoms with E-state index in [1.165, 1.54) is 6.42 Å². The van der Waals surface area contributed by atoms with E-state index in [9.17, 15) is 5.11 Å². The van der Waals surface area contributed by atoms with Gasteiger partial charge in [-0.3, -0.25) is 0 Å². The summed E-state index contributed by atoms with van der Waals surface area (Å²) in [4.78, 5) is 4.13. The van der Waals surface area contributed by atoms with Crippen molar-refractivity contribution in [1.82, 2.24) is 4.98 Å². The molecule has 1 aromatic heterocycles. The van der Waals surface area contributed by atoms with Crippen molar-refractivity contribution in [3.05, 3.63) is 23.4 Å². The lowest BCUT2D eigenvalue weighted by Crippen LogP contribution is -2.38. The van der Waals surface area contributed by atoms with E-state index < -0.39 is 5.60 Å². The van der Waals surface area contributed by atoms with Gasteiger partial charge >= 0.3 is 0 Å². The Bertz CT molecular complexity index is 351. The Balaban J connectivity index is 1.91. The quantitative estimate of drug-likeness (QED) is 0.799. The monoisotopic (exact) mass is 240 g/mol. The second-order valence-corrected chi connectivity index (χ2v) is 4.87. The highest BCUT2D eigenvalue weighted by atomic mass is 35.5. The summed E-state index contributed by atoms with van der Waals surface area (Å²) in [5, 5.41) is 13.9. The van der Waals surface area contributed by atoms with Crippen LogP contribution in [0.2, 0.25) is 5.15 Å². The molecule has 0 atom stereocenters. The molecule has 0 aromatic carbocycles. The number of hydrogen-bond donors (Lipinski definition) is 2. The molecule has 0 amide bonds. The maximum Gasteiger partial charge on any atom is 0.131 e. The predicted molar refractivity (Wildman–Crippen MR) is 65.8 cm³/mol. The number of anilines is 1. The van der Waals surface area contributed by atoms with Crippen LogP contribution in [0.1, 0.15) is 32.1 Å². The molecule has 4 heteroatoms. The smallest absolute Gasteiger partial charge is 0.131 e. The molecule has 0 unspecified atom stereocenters. The predicted octanol–water partition coefficient (Wildman–Crippen LogP) is 2.84. The van der Waals surface area contributed by atoms with Gasteiger partial charge in [0.05, 0.1) is 5.60 Å². The van der Waals surface area contributed by atoms with E-state index >= 15 is 0 Å². The molecular formula is C12H17ClN2O. The summed E-state index contributed by atoms with van der Waals surface area (Å²) in [6.07, 6.45) is 5.21. The van der Waals surface area contributed by atoms with Gasteiger partial charge in [0, 0.05) is 6.54 Å². The first kappa shape index (κ1) is 11.7. The van der Waals surface area contributed by atoms with Gasteiger partial charge in [0.25, 0.3) is 0 Å². The van der Waals surface area contributed by atoms with E-state index in [0.717, 1.165) is 31.5 Å². The molecule has 1 aromatic rings. The first-order valence-corrected chi connectivity index (χ1v) is 6.15. The van der Waals surface area contributed by atoms with E-state index in [1.54, 1.807) is 6.07 Å². The summed E-state index contributed by atoms with van der Waals surface area (Å²) < 4.78 is 0. The number of aromatic nitrogens is 1. The van der Waals surface area contributed by atoms with Crippen LogP contribution in [0, 0.1) is 0 Å². The van der Waals surface area contributed by atoms with Crippen LogP contribution in [0.4, 0.5) is 5.82 Å². The maximum absolute atomic E-state index is 10.3. The van der Waals surface area contributed by atoms with Crippen LogP contribution in [-0.4, -0.2) is 22.2 Å². The number of aliphatic hydroxyl groups is 1. The number of nitrogens with zero attached hydrogens (tertiary/aromatic N) is 1. The van der Waals surface area contributed by atoms with Crippen LogP contribution in [0.3, 0.4) is 0 Å². The molecule has 3 nitrogen and oxygen atoms in total. The Morgan fingerprint density at radius 1 is 1.31 bits per heavy atom. The lowest BCUT2D eigenvalue weighted by Gasteiger charge is -2.32. The molecule has 1 fully saturated rings. The van der Waals surface area contributed by atoms with Crippen molar-refractivity contribution in [3.63, 3.8) is 0 Å². The van der Waals surface area contributed by atoms with Crippen molar-refractivity contribution in [1.29, 1.82) is 0 Å². The van der Waals surface area contributed by atoms with Gasteiger partial charge in [0.1, 0.15) is 11.0 Å². The lowest BCUT2D eigenvalue weighted by molar-refractivity contribution is 0.0166. The largest absolute Gasteiger partial charge is 0.388 e. The second-order valence-electron chi connectivity index (χ2n) is 4.48. The molecular weight excluding hydrogens is 224 g/mol. The van der Waals surface area contributed by atoms with E-state index in [4.69, 9.17) is 11.6 Å². The van der Waals surface area contributed by atoms with Gasteiger partial charge in [0.15, 0.2) is 0 Å². The molecule has 1 aliphatic carbocycles. The van der Waals surface area contributed by atoms with Crippen LogP contribution in [0.5, 0.6) is 0 Å². The molecule has 88 valence electrons. The highest BCUT2D eigenvalue weighted by Crippen LogP contribution is 2.28. The number of hydrogen-bond acceptors (Lipinski definition) is 3. The van der Waals surface area contributed by atoms with Crippen LogP contribution in [-0.2, 0) is 0 Å². The minimum absolute atomic E-state index is 0.473. The third-order valence-electron chi connectivity index (χ3n) is 3.10. The SMILES string of the molecule is OC1(CNc2cccc(Cl)n2)CCCCC1. The fourth-order valence-electron chi connectivity index (χ4n) is 2.15. The average Bonchev–Trinajstić information content (AvgIpc) is 2.28. The first-order valence-electron chi connectivity index (χ1n) is 5.77. The molecule has 2 rings (SSSR count). The minimum Gasteiger partial charge on any atom is -0.388 e. The van der Waals surface area contributed by atoms with E-state index in [2.05, 4.69) is 10.3 Å². The van der Waals surface area contributed by atoms with Gasteiger partial charge in [-0.2, -0.15) is 0 Å². The van der Waals surface area contributed by atoms with Gasteiger partial charge in [-0.1, -0.05) is 36.9 Å². The normalized spacial score (nSPS) is 19.4. The third-order valence-corrected chi connectivity index (χ3v) is 3.31. The molecule has 2 N–H and O–H groups in total. The zero-order chi connectivity index (χ0) is 11.4. The van der Waals surface area contributed by atoms with Crippen molar-refractivity contribution in [2.24, 2.45) is 0 Å². The Morgan fingerprint density at radius 3 is 2.75 bits per heavy atom. The van der Waals surface area contributed by atoms with Crippen molar-refractivity contribution < 1.29 is 5.11 Å². The van der Waals surface area contributed by atoms with Gasteiger partial charge in [0.2, 0.25) is 0 Å². The van der Waals surface area contributed by atoms with Crippen molar-refractivity contribution in [2.75, 3.05) is 11.9 Å². The highest BCUT2D eigenvalue weighted by molar-refractivity contribution is 6.29. The zero-order valence-electron chi connectivity index (χ0n) is 9.25. The zero-order valence-corrected chi connectivity index (χ0v) is 10.0. The summed E-state index contributed by atoms with van der Waals surface area (Å²) >= 11 is 5.79. The van der Waals surface area contributed by atoms with Crippen molar-refractivity contribution >= 4 is 17.4 Å². The molecule has 16 heavy (non-hydrogen) atoms. The molecule has 0 radical (unpaired) electrons. The van der Waals surface area contributed by atoms with E-state index in [-0.39, 0.29) is 0 Å². The summed E-state index contributed by atoms with van der Waals surface area (Å²) in [7, 11) is 0. The minimum atomic E-state index is -0.567. The Morgan fingerprint density at radius 2 is 2.06 bits per heavy atom. The molecule has 0 spiro atoms. The van der Waals surface area contributed by atoms with Crippen molar-refractivity contribution in [3.8, 4) is 0 Å². The Kier molecular flexibility index (Phi) is 3.66. The summed E-state index contributed by atoms with van der Waals surface area (Å²) in [6.45, 7) is 0.556.